The first-order valence-electron chi connectivity index (χ1n) is 6.04. The number of carbonyl (C=O) groups is 1. The van der Waals surface area contributed by atoms with Crippen LogP contribution in [0.4, 0.5) is 0 Å². The maximum absolute atomic E-state index is 11.2. The van der Waals surface area contributed by atoms with Gasteiger partial charge in [0.2, 0.25) is 0 Å². The first-order chi connectivity index (χ1) is 9.04. The average molecular weight is 305 g/mol. The van der Waals surface area contributed by atoms with Crippen LogP contribution in [-0.4, -0.2) is 25.4 Å². The van der Waals surface area contributed by atoms with Crippen LogP contribution in [0.15, 0.2) is 24.3 Å². The Balaban J connectivity index is 2.76. The smallest absolute Gasteiger partial charge is 0.310 e. The molecule has 0 spiro atoms. The lowest BCUT2D eigenvalue weighted by molar-refractivity contribution is -0.139. The van der Waals surface area contributed by atoms with Crippen molar-refractivity contribution >= 4 is 28.3 Å². The fraction of sp³-hybridized carbons (Fsp3) is 0.462. The first kappa shape index (κ1) is 16.0. The van der Waals surface area contributed by atoms with Crippen molar-refractivity contribution in [3.05, 3.63) is 35.4 Å². The lowest BCUT2D eigenvalue weighted by Crippen LogP contribution is -2.11. The highest BCUT2D eigenvalue weighted by atomic mass is 35.5. The Morgan fingerprint density at radius 2 is 1.84 bits per heavy atom. The fourth-order valence-corrected chi connectivity index (χ4v) is 2.58. The van der Waals surface area contributed by atoms with Gasteiger partial charge in [0.15, 0.2) is 0 Å². The van der Waals surface area contributed by atoms with Gasteiger partial charge in [0.1, 0.15) is 10.7 Å². The Bertz CT molecular complexity index is 474. The molecular formula is C13H17ClO4S. The number of thiol groups is 1. The van der Waals surface area contributed by atoms with Gasteiger partial charge in [0.25, 0.3) is 0 Å². The molecule has 1 atom stereocenters. The van der Waals surface area contributed by atoms with Crippen molar-refractivity contribution in [2.24, 2.45) is 0 Å². The summed E-state index contributed by atoms with van der Waals surface area (Å²) in [5.41, 5.74) is 1.37. The molecule has 1 unspecified atom stereocenters. The van der Waals surface area contributed by atoms with Crippen LogP contribution in [0.5, 0.6) is 0 Å². The molecule has 0 aliphatic heterocycles. The van der Waals surface area contributed by atoms with E-state index in [9.17, 15) is 18.3 Å². The molecule has 1 rings (SSSR count). The Morgan fingerprint density at radius 3 is 2.32 bits per heavy atom. The molecule has 0 aliphatic rings. The molecule has 1 N–H and O–H groups in total. The van der Waals surface area contributed by atoms with E-state index in [2.05, 4.69) is 0 Å². The van der Waals surface area contributed by atoms with E-state index < -0.39 is 22.6 Å². The van der Waals surface area contributed by atoms with E-state index in [0.717, 1.165) is 12.8 Å². The van der Waals surface area contributed by atoms with Crippen molar-refractivity contribution in [3.8, 4) is 0 Å². The summed E-state index contributed by atoms with van der Waals surface area (Å²) in [6, 6.07) is 6.71. The topological polar surface area (TPSA) is 71.4 Å². The predicted octanol–water partition coefficient (Wildman–Crippen LogP) is 2.38. The molecule has 4 nitrogen and oxygen atoms in total. The molecule has 0 saturated heterocycles. The highest BCUT2D eigenvalue weighted by Crippen LogP contribution is 2.23. The van der Waals surface area contributed by atoms with Gasteiger partial charge < -0.3 is 5.11 Å². The number of halogens is 1. The normalized spacial score (nSPS) is 12.5. The number of unbranched alkanes of at least 4 members (excludes halogenated alkanes) is 1. The van der Waals surface area contributed by atoms with Crippen molar-refractivity contribution in [2.75, 3.05) is 5.88 Å². The molecule has 1 aromatic carbocycles. The maximum atomic E-state index is 11.2. The molecule has 0 bridgehead atoms. The maximum Gasteiger partial charge on any atom is 0.310 e. The summed E-state index contributed by atoms with van der Waals surface area (Å²) in [5.74, 6) is -0.906. The highest BCUT2D eigenvalue weighted by molar-refractivity contribution is 7.71. The number of hydrogen-bond donors (Lipinski definition) is 2. The zero-order valence-electron chi connectivity index (χ0n) is 10.4. The third kappa shape index (κ3) is 5.61. The van der Waals surface area contributed by atoms with Crippen molar-refractivity contribution in [1.82, 2.24) is 0 Å². The monoisotopic (exact) mass is 304 g/mol. The summed E-state index contributed by atoms with van der Waals surface area (Å²) in [6.07, 6.45) is 2.09. The minimum atomic E-state index is -2.46. The molecule has 19 heavy (non-hydrogen) atoms. The average Bonchev–Trinajstić information content (AvgIpc) is 2.35. The van der Waals surface area contributed by atoms with E-state index in [1.807, 2.05) is 0 Å². The van der Waals surface area contributed by atoms with E-state index in [4.69, 9.17) is 11.6 Å². The Hall–Kier alpha value is -1.07. The van der Waals surface area contributed by atoms with E-state index in [-0.39, 0.29) is 5.75 Å². The van der Waals surface area contributed by atoms with E-state index >= 15 is 0 Å². The molecule has 0 amide bonds. The highest BCUT2D eigenvalue weighted by Gasteiger charge is 2.19. The van der Waals surface area contributed by atoms with Crippen molar-refractivity contribution in [3.63, 3.8) is 0 Å². The quantitative estimate of drug-likeness (QED) is 0.439. The third-order valence-electron chi connectivity index (χ3n) is 2.87. The third-order valence-corrected chi connectivity index (χ3v) is 3.76. The SMILES string of the molecule is O=C(O)C(CCCCCl)c1ccc(C[SH](=O)=O)cc1. The van der Waals surface area contributed by atoms with Crippen molar-refractivity contribution < 1.29 is 18.3 Å². The van der Waals surface area contributed by atoms with E-state index in [0.29, 0.717) is 23.4 Å². The van der Waals surface area contributed by atoms with Gasteiger partial charge in [0, 0.05) is 5.88 Å². The summed E-state index contributed by atoms with van der Waals surface area (Å²) in [5, 5.41) is 9.21. The molecule has 6 heteroatoms. The van der Waals surface area contributed by atoms with Crippen molar-refractivity contribution in [1.29, 1.82) is 0 Å². The number of rotatable bonds is 8. The summed E-state index contributed by atoms with van der Waals surface area (Å²) in [7, 11) is -2.46. The second-order valence-electron chi connectivity index (χ2n) is 4.31. The summed E-state index contributed by atoms with van der Waals surface area (Å²) in [6.45, 7) is 0. The Kier molecular flexibility index (Phi) is 6.87. The molecule has 1 aromatic rings. The van der Waals surface area contributed by atoms with Crippen molar-refractivity contribution in [2.45, 2.75) is 30.9 Å². The minimum Gasteiger partial charge on any atom is -0.481 e. The Labute approximate surface area is 119 Å². The second kappa shape index (κ2) is 8.17. The van der Waals surface area contributed by atoms with Gasteiger partial charge in [-0.1, -0.05) is 30.7 Å². The molecule has 106 valence electrons. The van der Waals surface area contributed by atoms with E-state index in [1.54, 1.807) is 24.3 Å². The van der Waals surface area contributed by atoms with Gasteiger partial charge >= 0.3 is 5.97 Å². The van der Waals surface area contributed by atoms with Crippen LogP contribution in [0, 0.1) is 0 Å². The largest absolute Gasteiger partial charge is 0.481 e. The lowest BCUT2D eigenvalue weighted by atomic mass is 9.93. The molecule has 0 aromatic heterocycles. The van der Waals surface area contributed by atoms with Gasteiger partial charge in [-0.2, -0.15) is 0 Å². The van der Waals surface area contributed by atoms with E-state index in [1.165, 1.54) is 0 Å². The summed E-state index contributed by atoms with van der Waals surface area (Å²) < 4.78 is 21.2. The van der Waals surface area contributed by atoms with Crippen LogP contribution in [-0.2, 0) is 21.3 Å². The predicted molar refractivity (Wildman–Crippen MR) is 75.4 cm³/mol. The molecule has 0 saturated carbocycles. The summed E-state index contributed by atoms with van der Waals surface area (Å²) >= 11 is 5.57. The standard InChI is InChI=1S/C13H17ClO4S/c14-8-2-1-3-12(13(15)16)11-6-4-10(5-7-11)9-19(17)18/h4-7,12,19H,1-3,8-9H2,(H,15,16). The second-order valence-corrected chi connectivity index (χ2v) is 5.67. The molecule has 0 fully saturated rings. The minimum absolute atomic E-state index is 0.0143. The first-order valence-corrected chi connectivity index (χ1v) is 7.93. The number of alkyl halides is 1. The number of benzene rings is 1. The van der Waals surface area contributed by atoms with Crippen LogP contribution in [0.25, 0.3) is 0 Å². The molecular weight excluding hydrogens is 288 g/mol. The molecule has 0 heterocycles. The zero-order chi connectivity index (χ0) is 14.3. The fourth-order valence-electron chi connectivity index (χ4n) is 1.88. The van der Waals surface area contributed by atoms with Gasteiger partial charge in [-0.15, -0.1) is 11.6 Å². The van der Waals surface area contributed by atoms with Gasteiger partial charge in [-0.05, 0) is 24.0 Å². The number of carboxylic acid groups (broad SMARTS) is 1. The molecule has 0 aliphatic carbocycles. The summed E-state index contributed by atoms with van der Waals surface area (Å²) in [4.78, 5) is 11.2. The van der Waals surface area contributed by atoms with Crippen LogP contribution in [0.3, 0.4) is 0 Å². The van der Waals surface area contributed by atoms with Crippen LogP contribution in [0.2, 0.25) is 0 Å². The molecule has 0 radical (unpaired) electrons. The van der Waals surface area contributed by atoms with Gasteiger partial charge in [-0.3, -0.25) is 4.79 Å². The van der Waals surface area contributed by atoms with Crippen LogP contribution < -0.4 is 0 Å². The number of aliphatic carboxylic acids is 1. The zero-order valence-corrected chi connectivity index (χ0v) is 12.1. The lowest BCUT2D eigenvalue weighted by Gasteiger charge is -2.12. The Morgan fingerprint density at radius 1 is 1.21 bits per heavy atom. The van der Waals surface area contributed by atoms with Crippen LogP contribution in [0.1, 0.15) is 36.3 Å². The number of carboxylic acids is 1. The van der Waals surface area contributed by atoms with Gasteiger partial charge in [0.05, 0.1) is 11.7 Å². The van der Waals surface area contributed by atoms with Gasteiger partial charge in [-0.25, -0.2) is 8.42 Å². The van der Waals surface area contributed by atoms with Crippen LogP contribution >= 0.6 is 11.6 Å². The number of hydrogen-bond acceptors (Lipinski definition) is 3.